The summed E-state index contributed by atoms with van der Waals surface area (Å²) in [5, 5.41) is 15.7. The van der Waals surface area contributed by atoms with E-state index in [1.807, 2.05) is 12.3 Å². The molecule has 2 N–H and O–H groups in total. The molecular formula is C24H32F2N6. The first-order valence-electron chi connectivity index (χ1n) is 12.0. The Morgan fingerprint density at radius 2 is 1.94 bits per heavy atom. The van der Waals surface area contributed by atoms with Crippen LogP contribution in [0.4, 0.5) is 14.6 Å². The van der Waals surface area contributed by atoms with Gasteiger partial charge in [-0.3, -0.25) is 5.41 Å². The second kappa shape index (κ2) is 8.79. The molecule has 3 aliphatic rings. The van der Waals surface area contributed by atoms with Gasteiger partial charge in [0.15, 0.2) is 5.65 Å². The fourth-order valence-electron chi connectivity index (χ4n) is 5.60. The molecule has 0 atom stereocenters. The maximum Gasteiger partial charge on any atom is 0.280 e. The van der Waals surface area contributed by atoms with Gasteiger partial charge in [-0.2, -0.15) is 5.10 Å². The largest absolute Gasteiger partial charge is 0.388 e. The van der Waals surface area contributed by atoms with Crippen molar-refractivity contribution in [2.24, 2.45) is 5.41 Å². The number of nitrogens with one attached hydrogen (secondary N) is 2. The second-order valence-electron chi connectivity index (χ2n) is 9.76. The molecule has 2 saturated carbocycles. The van der Waals surface area contributed by atoms with Crippen LogP contribution in [-0.4, -0.2) is 45.9 Å². The average molecular weight is 443 g/mol. The van der Waals surface area contributed by atoms with Crippen molar-refractivity contribution in [1.29, 1.82) is 5.41 Å². The highest BCUT2D eigenvalue weighted by molar-refractivity contribution is 6.25. The van der Waals surface area contributed by atoms with Gasteiger partial charge >= 0.3 is 0 Å². The smallest absolute Gasteiger partial charge is 0.280 e. The third kappa shape index (κ3) is 4.11. The van der Waals surface area contributed by atoms with Crippen LogP contribution in [0.2, 0.25) is 0 Å². The maximum absolute atomic E-state index is 13.6. The Hall–Kier alpha value is -2.51. The van der Waals surface area contributed by atoms with Gasteiger partial charge in [-0.15, -0.1) is 0 Å². The Bertz CT molecular complexity index is 1000. The molecule has 8 heteroatoms. The summed E-state index contributed by atoms with van der Waals surface area (Å²) in [5.41, 5.74) is 0.928. The van der Waals surface area contributed by atoms with E-state index in [9.17, 15) is 8.78 Å². The van der Waals surface area contributed by atoms with Crippen LogP contribution in [0.25, 0.3) is 11.2 Å². The van der Waals surface area contributed by atoms with Gasteiger partial charge in [-0.05, 0) is 50.0 Å². The first kappa shape index (κ1) is 21.3. The van der Waals surface area contributed by atoms with Crippen molar-refractivity contribution >= 4 is 22.7 Å². The molecule has 32 heavy (non-hydrogen) atoms. The van der Waals surface area contributed by atoms with E-state index in [0.29, 0.717) is 16.6 Å². The summed E-state index contributed by atoms with van der Waals surface area (Å²) in [7, 11) is 0. The van der Waals surface area contributed by atoms with E-state index in [0.717, 1.165) is 51.0 Å². The van der Waals surface area contributed by atoms with Crippen LogP contribution in [0, 0.1) is 10.8 Å². The van der Waals surface area contributed by atoms with Crippen LogP contribution in [0.3, 0.4) is 0 Å². The van der Waals surface area contributed by atoms with Gasteiger partial charge in [0.2, 0.25) is 0 Å². The van der Waals surface area contributed by atoms with Crippen molar-refractivity contribution in [2.75, 3.05) is 18.0 Å². The van der Waals surface area contributed by atoms with E-state index >= 15 is 0 Å². The van der Waals surface area contributed by atoms with Crippen LogP contribution >= 0.6 is 0 Å². The number of nitrogens with zero attached hydrogens (tertiary/aromatic N) is 4. The van der Waals surface area contributed by atoms with Gasteiger partial charge in [-0.25, -0.2) is 18.3 Å². The zero-order valence-corrected chi connectivity index (χ0v) is 18.5. The quantitative estimate of drug-likeness (QED) is 0.615. The predicted octanol–water partition coefficient (Wildman–Crippen LogP) is 5.05. The van der Waals surface area contributed by atoms with Gasteiger partial charge in [0.1, 0.15) is 11.5 Å². The topological polar surface area (TPSA) is 69.3 Å². The summed E-state index contributed by atoms with van der Waals surface area (Å²) in [5.74, 6) is 0.869. The Labute approximate surface area is 187 Å². The molecule has 2 aliphatic carbocycles. The normalized spacial score (nSPS) is 21.8. The molecule has 0 bridgehead atoms. The summed E-state index contributed by atoms with van der Waals surface area (Å²) in [6, 6.07) is 2.23. The minimum absolute atomic E-state index is 0.180. The van der Waals surface area contributed by atoms with Gasteiger partial charge in [0.05, 0.1) is 11.8 Å². The van der Waals surface area contributed by atoms with Crippen LogP contribution in [-0.2, 0) is 0 Å². The molecule has 6 nitrogen and oxygen atoms in total. The number of piperidine rings is 1. The molecule has 2 aromatic rings. The molecule has 1 aliphatic heterocycles. The van der Waals surface area contributed by atoms with Gasteiger partial charge in [-0.1, -0.05) is 25.7 Å². The SMILES string of the molecule is N=C(/C(=C\NC1CCCCC1)c1cnn2ccc(N3CCCC4(CCC4)C3)nc12)C(F)F. The molecule has 2 aromatic heterocycles. The lowest BCUT2D eigenvalue weighted by Crippen LogP contribution is -2.47. The summed E-state index contributed by atoms with van der Waals surface area (Å²) in [6.45, 7) is 1.98. The number of rotatable bonds is 6. The lowest BCUT2D eigenvalue weighted by Gasteiger charge is -2.49. The van der Waals surface area contributed by atoms with Crippen molar-refractivity contribution in [3.63, 3.8) is 0 Å². The molecule has 3 fully saturated rings. The predicted molar refractivity (Wildman–Crippen MR) is 122 cm³/mol. The molecule has 0 radical (unpaired) electrons. The minimum Gasteiger partial charge on any atom is -0.388 e. The third-order valence-electron chi connectivity index (χ3n) is 7.62. The lowest BCUT2D eigenvalue weighted by molar-refractivity contribution is 0.107. The van der Waals surface area contributed by atoms with Crippen molar-refractivity contribution in [3.05, 3.63) is 30.2 Å². The van der Waals surface area contributed by atoms with Gasteiger partial charge in [0, 0.05) is 37.1 Å². The van der Waals surface area contributed by atoms with Crippen LogP contribution in [0.5, 0.6) is 0 Å². The van der Waals surface area contributed by atoms with Crippen LogP contribution in [0.15, 0.2) is 24.7 Å². The average Bonchev–Trinajstić information content (AvgIpc) is 3.22. The molecule has 5 rings (SSSR count). The van der Waals surface area contributed by atoms with E-state index in [-0.39, 0.29) is 11.6 Å². The van der Waals surface area contributed by atoms with E-state index < -0.39 is 12.1 Å². The van der Waals surface area contributed by atoms with E-state index in [2.05, 4.69) is 15.3 Å². The second-order valence-corrected chi connectivity index (χ2v) is 9.76. The number of fused-ring (bicyclic) bond motifs is 1. The van der Waals surface area contributed by atoms with E-state index in [1.165, 1.54) is 32.1 Å². The minimum atomic E-state index is -2.85. The summed E-state index contributed by atoms with van der Waals surface area (Å²) >= 11 is 0. The zero-order valence-electron chi connectivity index (χ0n) is 18.5. The highest BCUT2D eigenvalue weighted by Crippen LogP contribution is 2.48. The number of halogens is 2. The molecule has 0 unspecified atom stereocenters. The fourth-order valence-corrected chi connectivity index (χ4v) is 5.60. The molecule has 172 valence electrons. The van der Waals surface area contributed by atoms with E-state index in [4.69, 9.17) is 10.4 Å². The highest BCUT2D eigenvalue weighted by Gasteiger charge is 2.40. The van der Waals surface area contributed by atoms with Crippen molar-refractivity contribution in [1.82, 2.24) is 19.9 Å². The number of hydrogen-bond donors (Lipinski definition) is 2. The Morgan fingerprint density at radius 3 is 2.66 bits per heavy atom. The molecule has 3 heterocycles. The van der Waals surface area contributed by atoms with Crippen molar-refractivity contribution < 1.29 is 8.78 Å². The van der Waals surface area contributed by atoms with Crippen molar-refractivity contribution in [2.45, 2.75) is 76.7 Å². The Kier molecular flexibility index (Phi) is 5.86. The van der Waals surface area contributed by atoms with Gasteiger partial charge in [0.25, 0.3) is 6.43 Å². The molecule has 1 spiro atoms. The van der Waals surface area contributed by atoms with Crippen LogP contribution < -0.4 is 10.2 Å². The zero-order chi connectivity index (χ0) is 22.1. The van der Waals surface area contributed by atoms with E-state index in [1.54, 1.807) is 16.9 Å². The molecule has 1 saturated heterocycles. The van der Waals surface area contributed by atoms with Crippen molar-refractivity contribution in [3.8, 4) is 0 Å². The summed E-state index contributed by atoms with van der Waals surface area (Å²) in [4.78, 5) is 7.19. The monoisotopic (exact) mass is 442 g/mol. The standard InChI is InChI=1S/C24H32F2N6/c25-22(26)21(27)18(14-28-17-6-2-1-3-7-17)19-15-29-32-13-8-20(30-23(19)32)31-12-5-11-24(16-31)9-4-10-24/h8,13-15,17,22,27-28H,1-7,9-12,16H2/b18-14-,27-21?. The summed E-state index contributed by atoms with van der Waals surface area (Å²) < 4.78 is 28.8. The molecular weight excluding hydrogens is 410 g/mol. The third-order valence-corrected chi connectivity index (χ3v) is 7.62. The molecule has 0 aromatic carbocycles. The Balaban J connectivity index is 1.46. The highest BCUT2D eigenvalue weighted by atomic mass is 19.3. The first-order valence-corrected chi connectivity index (χ1v) is 12.0. The maximum atomic E-state index is 13.6. The number of allylic oxidation sites excluding steroid dienone is 1. The number of hydrogen-bond acceptors (Lipinski definition) is 5. The van der Waals surface area contributed by atoms with Gasteiger partial charge < -0.3 is 10.2 Å². The first-order chi connectivity index (χ1) is 15.5. The number of aromatic nitrogens is 3. The lowest BCUT2D eigenvalue weighted by atomic mass is 9.64. The Morgan fingerprint density at radius 1 is 1.16 bits per heavy atom. The van der Waals surface area contributed by atoms with Crippen LogP contribution in [0.1, 0.15) is 69.8 Å². The number of alkyl halides is 2. The fraction of sp³-hybridized carbons (Fsp3) is 0.625. The number of anilines is 1. The summed E-state index contributed by atoms with van der Waals surface area (Å²) in [6.07, 6.45) is 14.0. The molecule has 0 amide bonds.